The predicted octanol–water partition coefficient (Wildman–Crippen LogP) is 3.47. The van der Waals surface area contributed by atoms with E-state index in [2.05, 4.69) is 48.2 Å². The van der Waals surface area contributed by atoms with Gasteiger partial charge in [-0.2, -0.15) is 0 Å². The molecule has 0 heterocycles. The van der Waals surface area contributed by atoms with Crippen LogP contribution in [0, 0.1) is 0 Å². The number of guanidine groups is 1. The molecule has 2 N–H and O–H groups in total. The lowest BCUT2D eigenvalue weighted by Crippen LogP contribution is -2.38. The van der Waals surface area contributed by atoms with E-state index in [9.17, 15) is 0 Å². The summed E-state index contributed by atoms with van der Waals surface area (Å²) in [6.45, 7) is 15.2. The Bertz CT molecular complexity index is 230. The first-order valence-electron chi connectivity index (χ1n) is 8.52. The third-order valence-electron chi connectivity index (χ3n) is 3.46. The minimum Gasteiger partial charge on any atom is -0.357 e. The van der Waals surface area contributed by atoms with Crippen LogP contribution in [0.2, 0.25) is 0 Å². The van der Waals surface area contributed by atoms with Gasteiger partial charge in [-0.05, 0) is 45.8 Å². The van der Waals surface area contributed by atoms with Crippen LogP contribution in [0.5, 0.6) is 0 Å². The van der Waals surface area contributed by atoms with Crippen LogP contribution in [-0.2, 0) is 0 Å². The zero-order valence-electron chi connectivity index (χ0n) is 14.6. The molecule has 0 rings (SSSR count). The molecule has 128 valence electrons. The van der Waals surface area contributed by atoms with Crippen molar-refractivity contribution in [1.29, 1.82) is 0 Å². The average molecular weight is 412 g/mol. The van der Waals surface area contributed by atoms with Gasteiger partial charge in [0, 0.05) is 19.6 Å². The summed E-state index contributed by atoms with van der Waals surface area (Å²) in [6, 6.07) is 0. The van der Waals surface area contributed by atoms with Crippen LogP contribution in [0.4, 0.5) is 0 Å². The minimum absolute atomic E-state index is 0. The van der Waals surface area contributed by atoms with Gasteiger partial charge in [-0.1, -0.05) is 33.6 Å². The molecule has 5 heteroatoms. The number of halogens is 1. The predicted molar refractivity (Wildman–Crippen MR) is 106 cm³/mol. The van der Waals surface area contributed by atoms with Gasteiger partial charge in [0.25, 0.3) is 0 Å². The first-order chi connectivity index (χ1) is 9.78. The largest absolute Gasteiger partial charge is 0.357 e. The number of nitrogens with zero attached hydrogens (tertiary/aromatic N) is 2. The van der Waals surface area contributed by atoms with E-state index >= 15 is 0 Å². The van der Waals surface area contributed by atoms with Crippen LogP contribution in [0.3, 0.4) is 0 Å². The number of nitrogens with one attached hydrogen (secondary N) is 2. The summed E-state index contributed by atoms with van der Waals surface area (Å²) in [6.07, 6.45) is 6.17. The zero-order valence-corrected chi connectivity index (χ0v) is 16.9. The molecule has 0 aromatic carbocycles. The summed E-state index contributed by atoms with van der Waals surface area (Å²) in [5, 5.41) is 6.74. The molecule has 4 nitrogen and oxygen atoms in total. The highest BCUT2D eigenvalue weighted by Gasteiger charge is 1.99. The van der Waals surface area contributed by atoms with E-state index in [1.54, 1.807) is 0 Å². The molecule has 0 unspecified atom stereocenters. The molecule has 0 aliphatic rings. The number of aliphatic imine (C=N–C) groups is 1. The van der Waals surface area contributed by atoms with E-state index in [1.807, 2.05) is 0 Å². The van der Waals surface area contributed by atoms with E-state index in [0.29, 0.717) is 0 Å². The van der Waals surface area contributed by atoms with Crippen LogP contribution in [0.1, 0.15) is 59.8 Å². The van der Waals surface area contributed by atoms with Crippen molar-refractivity contribution in [1.82, 2.24) is 15.5 Å². The molecule has 0 radical (unpaired) electrons. The molecule has 0 spiro atoms. The highest BCUT2D eigenvalue weighted by Crippen LogP contribution is 1.95. The van der Waals surface area contributed by atoms with Crippen LogP contribution in [-0.4, -0.2) is 50.1 Å². The standard InChI is InChI=1S/C16H36N4.HI/c1-5-9-10-13-18-16(17-6-2)19-14-11-12-15-20(7-3)8-4;/h5-15H2,1-4H3,(H2,17,18,19);1H. The molecular weight excluding hydrogens is 375 g/mol. The number of hydrogen-bond acceptors (Lipinski definition) is 2. The van der Waals surface area contributed by atoms with Gasteiger partial charge in [0.05, 0.1) is 0 Å². The van der Waals surface area contributed by atoms with Gasteiger partial charge in [0.2, 0.25) is 0 Å². The van der Waals surface area contributed by atoms with E-state index in [0.717, 1.165) is 38.7 Å². The second kappa shape index (κ2) is 18.0. The Morgan fingerprint density at radius 2 is 1.62 bits per heavy atom. The normalized spacial score (nSPS) is 11.4. The lowest BCUT2D eigenvalue weighted by atomic mass is 10.2. The van der Waals surface area contributed by atoms with Crippen molar-refractivity contribution >= 4 is 29.9 Å². The number of hydrogen-bond donors (Lipinski definition) is 2. The van der Waals surface area contributed by atoms with Crippen molar-refractivity contribution in [2.75, 3.05) is 39.3 Å². The van der Waals surface area contributed by atoms with Crippen molar-refractivity contribution in [2.45, 2.75) is 59.8 Å². The van der Waals surface area contributed by atoms with Crippen molar-refractivity contribution in [2.24, 2.45) is 4.99 Å². The van der Waals surface area contributed by atoms with Gasteiger partial charge in [0.15, 0.2) is 5.96 Å². The monoisotopic (exact) mass is 412 g/mol. The first kappa shape index (κ1) is 23.2. The highest BCUT2D eigenvalue weighted by molar-refractivity contribution is 14.0. The molecule has 0 atom stereocenters. The summed E-state index contributed by atoms with van der Waals surface area (Å²) in [4.78, 5) is 7.08. The summed E-state index contributed by atoms with van der Waals surface area (Å²) in [5.74, 6) is 0.978. The Kier molecular flexibility index (Phi) is 19.9. The molecule has 0 aromatic rings. The molecule has 0 amide bonds. The Hall–Kier alpha value is -0.0400. The second-order valence-electron chi connectivity index (χ2n) is 5.13. The Morgan fingerprint density at radius 3 is 2.19 bits per heavy atom. The minimum atomic E-state index is 0. The van der Waals surface area contributed by atoms with Crippen LogP contribution >= 0.6 is 24.0 Å². The molecule has 0 saturated carbocycles. The Morgan fingerprint density at radius 1 is 0.905 bits per heavy atom. The van der Waals surface area contributed by atoms with Crippen molar-refractivity contribution < 1.29 is 0 Å². The van der Waals surface area contributed by atoms with Gasteiger partial charge >= 0.3 is 0 Å². The summed E-state index contributed by atoms with van der Waals surface area (Å²) < 4.78 is 0. The molecule has 0 saturated heterocycles. The van der Waals surface area contributed by atoms with Crippen LogP contribution < -0.4 is 10.6 Å². The fourth-order valence-electron chi connectivity index (χ4n) is 2.10. The van der Waals surface area contributed by atoms with Crippen molar-refractivity contribution in [3.8, 4) is 0 Å². The number of unbranched alkanes of at least 4 members (excludes halogenated alkanes) is 3. The van der Waals surface area contributed by atoms with Gasteiger partial charge in [0.1, 0.15) is 0 Å². The van der Waals surface area contributed by atoms with E-state index in [-0.39, 0.29) is 24.0 Å². The van der Waals surface area contributed by atoms with Gasteiger partial charge in [-0.25, -0.2) is 0 Å². The maximum absolute atomic E-state index is 4.60. The lowest BCUT2D eigenvalue weighted by Gasteiger charge is -2.18. The number of rotatable bonds is 12. The molecule has 21 heavy (non-hydrogen) atoms. The maximum Gasteiger partial charge on any atom is 0.191 e. The van der Waals surface area contributed by atoms with Crippen molar-refractivity contribution in [3.05, 3.63) is 0 Å². The highest BCUT2D eigenvalue weighted by atomic mass is 127. The smallest absolute Gasteiger partial charge is 0.191 e. The molecule has 0 fully saturated rings. The lowest BCUT2D eigenvalue weighted by molar-refractivity contribution is 0.297. The zero-order chi connectivity index (χ0) is 15.1. The summed E-state index contributed by atoms with van der Waals surface area (Å²) >= 11 is 0. The average Bonchev–Trinajstić information content (AvgIpc) is 2.47. The molecule has 0 bridgehead atoms. The quantitative estimate of drug-likeness (QED) is 0.223. The Labute approximate surface area is 149 Å². The van der Waals surface area contributed by atoms with Crippen molar-refractivity contribution in [3.63, 3.8) is 0 Å². The second-order valence-corrected chi connectivity index (χ2v) is 5.13. The third-order valence-corrected chi connectivity index (χ3v) is 3.46. The Balaban J connectivity index is 0. The molecule has 0 aliphatic carbocycles. The van der Waals surface area contributed by atoms with Crippen LogP contribution in [0.15, 0.2) is 4.99 Å². The fraction of sp³-hybridized carbons (Fsp3) is 0.938. The molecular formula is C16H37IN4. The van der Waals surface area contributed by atoms with Gasteiger partial charge < -0.3 is 15.5 Å². The van der Waals surface area contributed by atoms with E-state index in [1.165, 1.54) is 38.6 Å². The van der Waals surface area contributed by atoms with Gasteiger partial charge in [-0.3, -0.25) is 4.99 Å². The first-order valence-corrected chi connectivity index (χ1v) is 8.52. The molecule has 0 aromatic heterocycles. The van der Waals surface area contributed by atoms with Crippen LogP contribution in [0.25, 0.3) is 0 Å². The maximum atomic E-state index is 4.60. The summed E-state index contributed by atoms with van der Waals surface area (Å²) in [5.41, 5.74) is 0. The third kappa shape index (κ3) is 14.7. The summed E-state index contributed by atoms with van der Waals surface area (Å²) in [7, 11) is 0. The van der Waals surface area contributed by atoms with Gasteiger partial charge in [-0.15, -0.1) is 24.0 Å². The topological polar surface area (TPSA) is 39.7 Å². The fourth-order valence-corrected chi connectivity index (χ4v) is 2.10. The van der Waals surface area contributed by atoms with E-state index in [4.69, 9.17) is 0 Å². The molecule has 0 aliphatic heterocycles. The van der Waals surface area contributed by atoms with E-state index < -0.39 is 0 Å². The SMILES string of the molecule is CCCCCN=C(NCC)NCCCCN(CC)CC.I.